The smallest absolute Gasteiger partial charge is 0.138 e. The van der Waals surface area contributed by atoms with Gasteiger partial charge in [-0.25, -0.2) is 0 Å². The SMILES string of the molecule is ClC/C=C/COc1ccc(Cl)cc1Cl. The maximum Gasteiger partial charge on any atom is 0.138 e. The molecule has 0 aliphatic heterocycles. The van der Waals surface area contributed by atoms with Crippen LogP contribution in [0.15, 0.2) is 30.4 Å². The van der Waals surface area contributed by atoms with Gasteiger partial charge in [-0.05, 0) is 18.2 Å². The van der Waals surface area contributed by atoms with Crippen LogP contribution in [0.25, 0.3) is 0 Å². The average Bonchev–Trinajstić information content (AvgIpc) is 2.15. The minimum absolute atomic E-state index is 0.452. The minimum Gasteiger partial charge on any atom is -0.488 e. The Morgan fingerprint density at radius 2 is 2.00 bits per heavy atom. The second kappa shape index (κ2) is 6.18. The number of hydrogen-bond acceptors (Lipinski definition) is 1. The molecule has 0 fully saturated rings. The van der Waals surface area contributed by atoms with Crippen LogP contribution in [0, 0.1) is 0 Å². The van der Waals surface area contributed by atoms with Gasteiger partial charge in [0.15, 0.2) is 0 Å². The third kappa shape index (κ3) is 3.79. The van der Waals surface area contributed by atoms with Crippen LogP contribution < -0.4 is 4.74 Å². The third-order valence-electron chi connectivity index (χ3n) is 1.48. The predicted octanol–water partition coefficient (Wildman–Crippen LogP) is 4.17. The highest BCUT2D eigenvalue weighted by atomic mass is 35.5. The fraction of sp³-hybridized carbons (Fsp3) is 0.200. The summed E-state index contributed by atoms with van der Waals surface area (Å²) in [6.45, 7) is 0.452. The monoisotopic (exact) mass is 250 g/mol. The first kappa shape index (κ1) is 11.7. The largest absolute Gasteiger partial charge is 0.488 e. The lowest BCUT2D eigenvalue weighted by Gasteiger charge is -2.05. The number of alkyl halides is 1. The summed E-state index contributed by atoms with van der Waals surface area (Å²) in [7, 11) is 0. The Labute approximate surface area is 98.2 Å². The lowest BCUT2D eigenvalue weighted by Crippen LogP contribution is -1.93. The van der Waals surface area contributed by atoms with Crippen molar-refractivity contribution in [3.63, 3.8) is 0 Å². The number of ether oxygens (including phenoxy) is 1. The first-order valence-corrected chi connectivity index (χ1v) is 5.32. The molecule has 0 aliphatic carbocycles. The molecule has 0 saturated carbocycles. The van der Waals surface area contributed by atoms with Crippen molar-refractivity contribution in [3.05, 3.63) is 40.4 Å². The Morgan fingerprint density at radius 3 is 2.64 bits per heavy atom. The second-order valence-electron chi connectivity index (χ2n) is 2.51. The molecule has 1 aromatic carbocycles. The van der Waals surface area contributed by atoms with E-state index in [1.807, 2.05) is 12.2 Å². The molecule has 0 unspecified atom stereocenters. The minimum atomic E-state index is 0.452. The van der Waals surface area contributed by atoms with Gasteiger partial charge in [-0.2, -0.15) is 0 Å². The van der Waals surface area contributed by atoms with Gasteiger partial charge in [-0.15, -0.1) is 11.6 Å². The van der Waals surface area contributed by atoms with Crippen LogP contribution >= 0.6 is 34.8 Å². The molecule has 1 rings (SSSR count). The van der Waals surface area contributed by atoms with E-state index in [9.17, 15) is 0 Å². The van der Waals surface area contributed by atoms with Crippen molar-refractivity contribution in [1.82, 2.24) is 0 Å². The van der Waals surface area contributed by atoms with Gasteiger partial charge in [-0.1, -0.05) is 35.4 Å². The van der Waals surface area contributed by atoms with E-state index in [0.29, 0.717) is 28.3 Å². The second-order valence-corrected chi connectivity index (χ2v) is 3.66. The molecule has 0 atom stereocenters. The summed E-state index contributed by atoms with van der Waals surface area (Å²) < 4.78 is 5.36. The molecule has 0 spiro atoms. The van der Waals surface area contributed by atoms with Crippen LogP contribution in [-0.4, -0.2) is 12.5 Å². The van der Waals surface area contributed by atoms with Gasteiger partial charge in [0.25, 0.3) is 0 Å². The lowest BCUT2D eigenvalue weighted by molar-refractivity contribution is 0.363. The Balaban J connectivity index is 2.55. The van der Waals surface area contributed by atoms with Crippen LogP contribution in [0.2, 0.25) is 10.0 Å². The number of halogens is 3. The topological polar surface area (TPSA) is 9.23 Å². The molecular weight excluding hydrogens is 242 g/mol. The van der Waals surface area contributed by atoms with E-state index >= 15 is 0 Å². The third-order valence-corrected chi connectivity index (χ3v) is 2.19. The lowest BCUT2D eigenvalue weighted by atomic mass is 10.3. The van der Waals surface area contributed by atoms with Crippen molar-refractivity contribution in [2.45, 2.75) is 0 Å². The van der Waals surface area contributed by atoms with Crippen molar-refractivity contribution in [3.8, 4) is 5.75 Å². The Hall–Kier alpha value is -0.370. The first-order chi connectivity index (χ1) is 6.74. The molecule has 0 aliphatic rings. The zero-order chi connectivity index (χ0) is 10.4. The van der Waals surface area contributed by atoms with E-state index in [1.165, 1.54) is 0 Å². The maximum absolute atomic E-state index is 5.88. The van der Waals surface area contributed by atoms with Crippen LogP contribution in [0.1, 0.15) is 0 Å². The molecule has 0 aromatic heterocycles. The normalized spacial score (nSPS) is 10.8. The standard InChI is InChI=1S/C10H9Cl3O/c11-5-1-2-6-14-10-4-3-8(12)7-9(10)13/h1-4,7H,5-6H2/b2-1+. The van der Waals surface area contributed by atoms with Crippen molar-refractivity contribution in [1.29, 1.82) is 0 Å². The van der Waals surface area contributed by atoms with Crippen molar-refractivity contribution >= 4 is 34.8 Å². The Bertz CT molecular complexity index is 323. The summed E-state index contributed by atoms with van der Waals surface area (Å²) in [6, 6.07) is 5.11. The molecular formula is C10H9Cl3O. The van der Waals surface area contributed by atoms with E-state index in [1.54, 1.807) is 18.2 Å². The number of rotatable bonds is 4. The predicted molar refractivity (Wildman–Crippen MR) is 61.8 cm³/mol. The molecule has 0 saturated heterocycles. The van der Waals surface area contributed by atoms with E-state index in [0.717, 1.165) is 0 Å². The van der Waals surface area contributed by atoms with Gasteiger partial charge >= 0.3 is 0 Å². The molecule has 0 N–H and O–H groups in total. The highest BCUT2D eigenvalue weighted by Gasteiger charge is 2.00. The number of benzene rings is 1. The average molecular weight is 252 g/mol. The zero-order valence-corrected chi connectivity index (χ0v) is 9.61. The highest BCUT2D eigenvalue weighted by Crippen LogP contribution is 2.27. The molecule has 0 radical (unpaired) electrons. The van der Waals surface area contributed by atoms with Gasteiger partial charge in [0, 0.05) is 10.9 Å². The van der Waals surface area contributed by atoms with Crippen molar-refractivity contribution in [2.75, 3.05) is 12.5 Å². The Morgan fingerprint density at radius 1 is 1.21 bits per heavy atom. The summed E-state index contributed by atoms with van der Waals surface area (Å²) in [5, 5.41) is 1.11. The van der Waals surface area contributed by atoms with Gasteiger partial charge in [0.2, 0.25) is 0 Å². The molecule has 76 valence electrons. The highest BCUT2D eigenvalue weighted by molar-refractivity contribution is 6.35. The number of allylic oxidation sites excluding steroid dienone is 1. The van der Waals surface area contributed by atoms with Gasteiger partial charge < -0.3 is 4.74 Å². The van der Waals surface area contributed by atoms with E-state index in [-0.39, 0.29) is 0 Å². The Kier molecular flexibility index (Phi) is 5.16. The van der Waals surface area contributed by atoms with Crippen LogP contribution in [0.4, 0.5) is 0 Å². The van der Waals surface area contributed by atoms with Crippen LogP contribution in [0.3, 0.4) is 0 Å². The van der Waals surface area contributed by atoms with E-state index < -0.39 is 0 Å². The van der Waals surface area contributed by atoms with E-state index in [4.69, 9.17) is 39.5 Å². The zero-order valence-electron chi connectivity index (χ0n) is 7.34. The summed E-state index contributed by atoms with van der Waals surface area (Å²) >= 11 is 17.1. The first-order valence-electron chi connectivity index (χ1n) is 4.03. The molecule has 1 aromatic rings. The van der Waals surface area contributed by atoms with E-state index in [2.05, 4.69) is 0 Å². The van der Waals surface area contributed by atoms with Gasteiger partial charge in [0.1, 0.15) is 12.4 Å². The molecule has 0 bridgehead atoms. The number of hydrogen-bond donors (Lipinski definition) is 0. The maximum atomic E-state index is 5.88. The fourth-order valence-corrected chi connectivity index (χ4v) is 1.45. The summed E-state index contributed by atoms with van der Waals surface area (Å²) in [4.78, 5) is 0. The molecule has 1 nitrogen and oxygen atoms in total. The molecule has 14 heavy (non-hydrogen) atoms. The van der Waals surface area contributed by atoms with Crippen LogP contribution in [0.5, 0.6) is 5.75 Å². The summed E-state index contributed by atoms with van der Waals surface area (Å²) in [5.74, 6) is 1.10. The summed E-state index contributed by atoms with van der Waals surface area (Å²) in [6.07, 6.45) is 3.64. The summed E-state index contributed by atoms with van der Waals surface area (Å²) in [5.41, 5.74) is 0. The molecule has 4 heteroatoms. The quantitative estimate of drug-likeness (QED) is 0.576. The van der Waals surface area contributed by atoms with Gasteiger partial charge in [-0.3, -0.25) is 0 Å². The van der Waals surface area contributed by atoms with Gasteiger partial charge in [0.05, 0.1) is 5.02 Å². The molecule has 0 heterocycles. The van der Waals surface area contributed by atoms with Crippen LogP contribution in [-0.2, 0) is 0 Å². The van der Waals surface area contributed by atoms with Crippen molar-refractivity contribution in [2.24, 2.45) is 0 Å². The molecule has 0 amide bonds. The fourth-order valence-electron chi connectivity index (χ4n) is 0.861. The van der Waals surface area contributed by atoms with Crippen molar-refractivity contribution < 1.29 is 4.74 Å².